The SMILES string of the molecule is CNC(C)(C)CN(CC1CC1)C(C)C. The monoisotopic (exact) mass is 198 g/mol. The van der Waals surface area contributed by atoms with Crippen molar-refractivity contribution in [2.24, 2.45) is 5.92 Å². The van der Waals surface area contributed by atoms with Crippen molar-refractivity contribution < 1.29 is 0 Å². The molecule has 2 nitrogen and oxygen atoms in total. The predicted molar refractivity (Wildman–Crippen MR) is 62.6 cm³/mol. The predicted octanol–water partition coefficient (Wildman–Crippen LogP) is 2.10. The van der Waals surface area contributed by atoms with Gasteiger partial charge in [-0.1, -0.05) is 0 Å². The zero-order chi connectivity index (χ0) is 10.8. The van der Waals surface area contributed by atoms with Crippen LogP contribution in [0.4, 0.5) is 0 Å². The van der Waals surface area contributed by atoms with Crippen LogP contribution in [0.5, 0.6) is 0 Å². The summed E-state index contributed by atoms with van der Waals surface area (Å²) in [4.78, 5) is 2.61. The van der Waals surface area contributed by atoms with E-state index in [-0.39, 0.29) is 5.54 Å². The molecule has 0 radical (unpaired) electrons. The van der Waals surface area contributed by atoms with Crippen molar-refractivity contribution in [1.29, 1.82) is 0 Å². The van der Waals surface area contributed by atoms with Gasteiger partial charge in [0.25, 0.3) is 0 Å². The summed E-state index contributed by atoms with van der Waals surface area (Å²) >= 11 is 0. The van der Waals surface area contributed by atoms with Crippen molar-refractivity contribution >= 4 is 0 Å². The molecule has 0 amide bonds. The first-order valence-electron chi connectivity index (χ1n) is 5.87. The summed E-state index contributed by atoms with van der Waals surface area (Å²) in [5, 5.41) is 3.38. The number of hydrogen-bond acceptors (Lipinski definition) is 2. The molecule has 1 saturated carbocycles. The van der Waals surface area contributed by atoms with Gasteiger partial charge in [-0.05, 0) is 53.5 Å². The summed E-state index contributed by atoms with van der Waals surface area (Å²) in [5.74, 6) is 0.991. The fourth-order valence-electron chi connectivity index (χ4n) is 1.68. The normalized spacial score (nSPS) is 18.2. The van der Waals surface area contributed by atoms with Crippen LogP contribution in [-0.4, -0.2) is 36.6 Å². The van der Waals surface area contributed by atoms with Gasteiger partial charge in [0.15, 0.2) is 0 Å². The van der Waals surface area contributed by atoms with Gasteiger partial charge in [0.05, 0.1) is 0 Å². The van der Waals surface area contributed by atoms with E-state index >= 15 is 0 Å². The standard InChI is InChI=1S/C12H26N2/c1-10(2)14(8-11-6-7-11)9-12(3,4)13-5/h10-11,13H,6-9H2,1-5H3. The highest BCUT2D eigenvalue weighted by atomic mass is 15.2. The van der Waals surface area contributed by atoms with Crippen LogP contribution in [0.15, 0.2) is 0 Å². The van der Waals surface area contributed by atoms with Crippen molar-refractivity contribution in [3.05, 3.63) is 0 Å². The fourth-order valence-corrected chi connectivity index (χ4v) is 1.68. The summed E-state index contributed by atoms with van der Waals surface area (Å²) < 4.78 is 0. The lowest BCUT2D eigenvalue weighted by Crippen LogP contribution is -2.50. The van der Waals surface area contributed by atoms with Gasteiger partial charge in [-0.2, -0.15) is 0 Å². The Morgan fingerprint density at radius 3 is 2.29 bits per heavy atom. The molecule has 0 aliphatic heterocycles. The quantitative estimate of drug-likeness (QED) is 0.703. The van der Waals surface area contributed by atoms with Crippen molar-refractivity contribution in [2.75, 3.05) is 20.1 Å². The summed E-state index contributed by atoms with van der Waals surface area (Å²) in [6.07, 6.45) is 2.90. The van der Waals surface area contributed by atoms with E-state index in [0.717, 1.165) is 12.5 Å². The molecular weight excluding hydrogens is 172 g/mol. The molecule has 0 unspecified atom stereocenters. The van der Waals surface area contributed by atoms with Crippen molar-refractivity contribution in [3.63, 3.8) is 0 Å². The van der Waals surface area contributed by atoms with Crippen LogP contribution in [0.2, 0.25) is 0 Å². The molecule has 1 aliphatic carbocycles. The number of hydrogen-bond donors (Lipinski definition) is 1. The highest BCUT2D eigenvalue weighted by molar-refractivity contribution is 4.85. The van der Waals surface area contributed by atoms with E-state index in [0.29, 0.717) is 6.04 Å². The molecule has 0 atom stereocenters. The average molecular weight is 198 g/mol. The minimum Gasteiger partial charge on any atom is -0.314 e. The molecule has 1 aliphatic rings. The summed E-state index contributed by atoms with van der Waals surface area (Å²) in [6.45, 7) is 11.6. The Hall–Kier alpha value is -0.0800. The lowest BCUT2D eigenvalue weighted by molar-refractivity contribution is 0.162. The van der Waals surface area contributed by atoms with E-state index in [4.69, 9.17) is 0 Å². The number of nitrogens with one attached hydrogen (secondary N) is 1. The van der Waals surface area contributed by atoms with Crippen LogP contribution >= 0.6 is 0 Å². The van der Waals surface area contributed by atoms with E-state index < -0.39 is 0 Å². The second kappa shape index (κ2) is 4.63. The van der Waals surface area contributed by atoms with Crippen LogP contribution in [0, 0.1) is 5.92 Å². The highest BCUT2D eigenvalue weighted by Gasteiger charge is 2.28. The molecule has 0 bridgehead atoms. The third-order valence-electron chi connectivity index (χ3n) is 3.20. The van der Waals surface area contributed by atoms with Crippen LogP contribution in [-0.2, 0) is 0 Å². The molecule has 14 heavy (non-hydrogen) atoms. The first kappa shape index (κ1) is 12.0. The minimum atomic E-state index is 0.235. The van der Waals surface area contributed by atoms with Crippen molar-refractivity contribution in [1.82, 2.24) is 10.2 Å². The summed E-state index contributed by atoms with van der Waals surface area (Å²) in [5.41, 5.74) is 0.235. The molecule has 0 aromatic rings. The van der Waals surface area contributed by atoms with E-state index in [1.54, 1.807) is 0 Å². The van der Waals surface area contributed by atoms with Gasteiger partial charge < -0.3 is 5.32 Å². The van der Waals surface area contributed by atoms with Crippen LogP contribution in [0.3, 0.4) is 0 Å². The summed E-state index contributed by atoms with van der Waals surface area (Å²) in [7, 11) is 2.05. The molecule has 2 heteroatoms. The van der Waals surface area contributed by atoms with Gasteiger partial charge in [-0.3, -0.25) is 4.90 Å². The van der Waals surface area contributed by atoms with E-state index in [2.05, 4.69) is 45.0 Å². The van der Waals surface area contributed by atoms with Crippen molar-refractivity contribution in [3.8, 4) is 0 Å². The largest absolute Gasteiger partial charge is 0.314 e. The smallest absolute Gasteiger partial charge is 0.0249 e. The lowest BCUT2D eigenvalue weighted by atomic mass is 10.0. The van der Waals surface area contributed by atoms with Crippen LogP contribution < -0.4 is 5.32 Å². The first-order valence-corrected chi connectivity index (χ1v) is 5.87. The maximum Gasteiger partial charge on any atom is 0.0249 e. The maximum atomic E-state index is 3.38. The zero-order valence-corrected chi connectivity index (χ0v) is 10.4. The molecule has 0 aromatic carbocycles. The number of nitrogens with zero attached hydrogens (tertiary/aromatic N) is 1. The van der Waals surface area contributed by atoms with Gasteiger partial charge in [0.2, 0.25) is 0 Å². The third-order valence-corrected chi connectivity index (χ3v) is 3.20. The summed E-state index contributed by atoms with van der Waals surface area (Å²) in [6, 6.07) is 0.670. The third kappa shape index (κ3) is 3.97. The fraction of sp³-hybridized carbons (Fsp3) is 1.00. The van der Waals surface area contributed by atoms with Gasteiger partial charge in [0.1, 0.15) is 0 Å². The Bertz CT molecular complexity index is 171. The van der Waals surface area contributed by atoms with Crippen molar-refractivity contribution in [2.45, 2.75) is 52.1 Å². The Labute approximate surface area is 89.1 Å². The molecule has 1 fully saturated rings. The van der Waals surface area contributed by atoms with Gasteiger partial charge in [-0.25, -0.2) is 0 Å². The Balaban J connectivity index is 2.41. The van der Waals surface area contributed by atoms with Gasteiger partial charge in [-0.15, -0.1) is 0 Å². The number of likely N-dealkylation sites (N-methyl/N-ethyl adjacent to an activating group) is 1. The van der Waals surface area contributed by atoms with Gasteiger partial charge in [0, 0.05) is 24.7 Å². The minimum absolute atomic E-state index is 0.235. The zero-order valence-electron chi connectivity index (χ0n) is 10.4. The lowest BCUT2D eigenvalue weighted by Gasteiger charge is -2.35. The van der Waals surface area contributed by atoms with Crippen LogP contribution in [0.1, 0.15) is 40.5 Å². The average Bonchev–Trinajstić information content (AvgIpc) is 2.86. The Morgan fingerprint density at radius 1 is 1.36 bits per heavy atom. The Kier molecular flexibility index (Phi) is 3.96. The molecule has 84 valence electrons. The number of rotatable bonds is 6. The first-order chi connectivity index (χ1) is 6.44. The molecule has 0 heterocycles. The molecule has 0 spiro atoms. The van der Waals surface area contributed by atoms with Gasteiger partial charge >= 0.3 is 0 Å². The second-order valence-electron chi connectivity index (χ2n) is 5.60. The van der Waals surface area contributed by atoms with E-state index in [1.807, 2.05) is 0 Å². The second-order valence-corrected chi connectivity index (χ2v) is 5.60. The van der Waals surface area contributed by atoms with E-state index in [9.17, 15) is 0 Å². The van der Waals surface area contributed by atoms with E-state index in [1.165, 1.54) is 19.4 Å². The Morgan fingerprint density at radius 2 is 1.93 bits per heavy atom. The molecular formula is C12H26N2. The molecule has 0 aromatic heterocycles. The molecule has 1 N–H and O–H groups in total. The molecule has 1 rings (SSSR count). The topological polar surface area (TPSA) is 15.3 Å². The highest BCUT2D eigenvalue weighted by Crippen LogP contribution is 2.30. The maximum absolute atomic E-state index is 3.38. The molecule has 0 saturated heterocycles. The van der Waals surface area contributed by atoms with Crippen LogP contribution in [0.25, 0.3) is 0 Å².